The zero-order valence-corrected chi connectivity index (χ0v) is 11.8. The smallest absolute Gasteiger partial charge is 0.322 e. The molecule has 0 saturated carbocycles. The second kappa shape index (κ2) is 7.14. The van der Waals surface area contributed by atoms with Crippen LogP contribution < -0.4 is 10.1 Å². The number of hydrogen-bond acceptors (Lipinski definition) is 3. The molecule has 0 aromatic heterocycles. The number of rotatable bonds is 4. The second-order valence-corrected chi connectivity index (χ2v) is 5.02. The molecule has 1 saturated heterocycles. The van der Waals surface area contributed by atoms with E-state index in [1.54, 1.807) is 13.2 Å². The van der Waals surface area contributed by atoms with Crippen molar-refractivity contribution < 1.29 is 14.6 Å². The Labute approximate surface area is 119 Å². The summed E-state index contributed by atoms with van der Waals surface area (Å²) in [6, 6.07) is 7.35. The third-order valence-electron chi connectivity index (χ3n) is 3.67. The molecule has 2 rings (SSSR count). The van der Waals surface area contributed by atoms with E-state index in [0.717, 1.165) is 31.5 Å². The molecular formula is C15H22N2O3. The van der Waals surface area contributed by atoms with Gasteiger partial charge in [0.25, 0.3) is 0 Å². The standard InChI is InChI=1S/C15H22N2O3/c1-20-14-7-4-5-12(11-14)16-15(19)17-9-3-2-6-13(17)8-10-18/h4-5,7,11,13,18H,2-3,6,8-10H2,1H3,(H,16,19). The third kappa shape index (κ3) is 3.63. The number of carbonyl (C=O) groups is 1. The van der Waals surface area contributed by atoms with Gasteiger partial charge < -0.3 is 20.1 Å². The molecule has 1 aromatic carbocycles. The molecule has 5 nitrogen and oxygen atoms in total. The molecule has 0 aliphatic carbocycles. The van der Waals surface area contributed by atoms with E-state index in [2.05, 4.69) is 5.32 Å². The van der Waals surface area contributed by atoms with Gasteiger partial charge in [0, 0.05) is 30.9 Å². The van der Waals surface area contributed by atoms with Crippen molar-refractivity contribution in [2.24, 2.45) is 0 Å². The molecule has 0 spiro atoms. The molecule has 5 heteroatoms. The summed E-state index contributed by atoms with van der Waals surface area (Å²) in [4.78, 5) is 14.2. The first-order chi connectivity index (χ1) is 9.74. The molecule has 0 radical (unpaired) electrons. The summed E-state index contributed by atoms with van der Waals surface area (Å²) in [5.74, 6) is 0.716. The zero-order valence-electron chi connectivity index (χ0n) is 11.8. The number of anilines is 1. The maximum absolute atomic E-state index is 12.3. The van der Waals surface area contributed by atoms with Crippen molar-refractivity contribution >= 4 is 11.7 Å². The van der Waals surface area contributed by atoms with Crippen molar-refractivity contribution in [1.29, 1.82) is 0 Å². The van der Waals surface area contributed by atoms with Crippen LogP contribution in [0.3, 0.4) is 0 Å². The van der Waals surface area contributed by atoms with Crippen molar-refractivity contribution in [3.8, 4) is 5.75 Å². The Bertz CT molecular complexity index is 448. The molecule has 1 fully saturated rings. The number of carbonyl (C=O) groups excluding carboxylic acids is 1. The topological polar surface area (TPSA) is 61.8 Å². The summed E-state index contributed by atoms with van der Waals surface area (Å²) >= 11 is 0. The van der Waals surface area contributed by atoms with E-state index >= 15 is 0 Å². The molecule has 20 heavy (non-hydrogen) atoms. The molecule has 0 bridgehead atoms. The fourth-order valence-corrected chi connectivity index (χ4v) is 2.61. The van der Waals surface area contributed by atoms with Crippen molar-refractivity contribution in [2.45, 2.75) is 31.7 Å². The SMILES string of the molecule is COc1cccc(NC(=O)N2CCCCC2CCO)c1. The van der Waals surface area contributed by atoms with Gasteiger partial charge in [-0.15, -0.1) is 0 Å². The number of aliphatic hydroxyl groups excluding tert-OH is 1. The van der Waals surface area contributed by atoms with Gasteiger partial charge in [0.15, 0.2) is 0 Å². The quantitative estimate of drug-likeness (QED) is 0.889. The van der Waals surface area contributed by atoms with Crippen LogP contribution in [0.15, 0.2) is 24.3 Å². The maximum atomic E-state index is 12.3. The minimum Gasteiger partial charge on any atom is -0.497 e. The van der Waals surface area contributed by atoms with Gasteiger partial charge >= 0.3 is 6.03 Å². The average molecular weight is 278 g/mol. The molecule has 1 aromatic rings. The second-order valence-electron chi connectivity index (χ2n) is 5.02. The highest BCUT2D eigenvalue weighted by Crippen LogP contribution is 2.22. The van der Waals surface area contributed by atoms with Gasteiger partial charge in [0.05, 0.1) is 7.11 Å². The van der Waals surface area contributed by atoms with E-state index in [1.807, 2.05) is 23.1 Å². The molecule has 1 heterocycles. The van der Waals surface area contributed by atoms with E-state index < -0.39 is 0 Å². The van der Waals surface area contributed by atoms with E-state index in [1.165, 1.54) is 0 Å². The van der Waals surface area contributed by atoms with Crippen LogP contribution in [0, 0.1) is 0 Å². The number of amides is 2. The highest BCUT2D eigenvalue weighted by atomic mass is 16.5. The lowest BCUT2D eigenvalue weighted by atomic mass is 10.0. The lowest BCUT2D eigenvalue weighted by molar-refractivity contribution is 0.141. The van der Waals surface area contributed by atoms with Gasteiger partial charge in [0.1, 0.15) is 5.75 Å². The van der Waals surface area contributed by atoms with Crippen LogP contribution >= 0.6 is 0 Å². The van der Waals surface area contributed by atoms with Gasteiger partial charge in [-0.25, -0.2) is 4.79 Å². The van der Waals surface area contributed by atoms with Crippen LogP contribution in [-0.4, -0.2) is 42.3 Å². The lowest BCUT2D eigenvalue weighted by Crippen LogP contribution is -2.46. The van der Waals surface area contributed by atoms with E-state index in [9.17, 15) is 4.79 Å². The predicted molar refractivity (Wildman–Crippen MR) is 78.1 cm³/mol. The zero-order chi connectivity index (χ0) is 14.4. The van der Waals surface area contributed by atoms with E-state index in [-0.39, 0.29) is 18.7 Å². The first-order valence-corrected chi connectivity index (χ1v) is 7.07. The molecule has 2 N–H and O–H groups in total. The predicted octanol–water partition coefficient (Wildman–Crippen LogP) is 2.46. The van der Waals surface area contributed by atoms with Gasteiger partial charge in [0.2, 0.25) is 0 Å². The summed E-state index contributed by atoms with van der Waals surface area (Å²) in [5.41, 5.74) is 0.725. The number of nitrogens with one attached hydrogen (secondary N) is 1. The monoisotopic (exact) mass is 278 g/mol. The maximum Gasteiger partial charge on any atom is 0.322 e. The lowest BCUT2D eigenvalue weighted by Gasteiger charge is -2.35. The summed E-state index contributed by atoms with van der Waals surface area (Å²) in [7, 11) is 1.60. The van der Waals surface area contributed by atoms with Crippen LogP contribution in [0.25, 0.3) is 0 Å². The number of benzene rings is 1. The Morgan fingerprint density at radius 3 is 3.10 bits per heavy atom. The van der Waals surface area contributed by atoms with Gasteiger partial charge in [-0.1, -0.05) is 6.07 Å². The number of ether oxygens (including phenoxy) is 1. The van der Waals surface area contributed by atoms with Gasteiger partial charge in [-0.05, 0) is 37.8 Å². The van der Waals surface area contributed by atoms with Gasteiger partial charge in [-0.3, -0.25) is 0 Å². The Hall–Kier alpha value is -1.75. The van der Waals surface area contributed by atoms with Gasteiger partial charge in [-0.2, -0.15) is 0 Å². The van der Waals surface area contributed by atoms with Crippen LogP contribution in [0.4, 0.5) is 10.5 Å². The van der Waals surface area contributed by atoms with E-state index in [0.29, 0.717) is 12.2 Å². The normalized spacial score (nSPS) is 18.7. The van der Waals surface area contributed by atoms with Crippen molar-refractivity contribution in [3.05, 3.63) is 24.3 Å². The third-order valence-corrected chi connectivity index (χ3v) is 3.67. The highest BCUT2D eigenvalue weighted by molar-refractivity contribution is 5.89. The average Bonchev–Trinajstić information content (AvgIpc) is 2.48. The number of likely N-dealkylation sites (tertiary alicyclic amines) is 1. The fraction of sp³-hybridized carbons (Fsp3) is 0.533. The van der Waals surface area contributed by atoms with Crippen molar-refractivity contribution in [2.75, 3.05) is 25.6 Å². The summed E-state index contributed by atoms with van der Waals surface area (Å²) in [6.45, 7) is 0.869. The Morgan fingerprint density at radius 2 is 2.35 bits per heavy atom. The number of urea groups is 1. The number of nitrogens with zero attached hydrogens (tertiary/aromatic N) is 1. The van der Waals surface area contributed by atoms with Crippen LogP contribution in [0.5, 0.6) is 5.75 Å². The van der Waals surface area contributed by atoms with Crippen molar-refractivity contribution in [1.82, 2.24) is 4.90 Å². The van der Waals surface area contributed by atoms with Crippen LogP contribution in [0.2, 0.25) is 0 Å². The first-order valence-electron chi connectivity index (χ1n) is 7.07. The number of piperidine rings is 1. The molecular weight excluding hydrogens is 256 g/mol. The Morgan fingerprint density at radius 1 is 1.50 bits per heavy atom. The van der Waals surface area contributed by atoms with Crippen LogP contribution in [0.1, 0.15) is 25.7 Å². The minimum atomic E-state index is -0.101. The molecule has 1 atom stereocenters. The fourth-order valence-electron chi connectivity index (χ4n) is 2.61. The minimum absolute atomic E-state index is 0.101. The summed E-state index contributed by atoms with van der Waals surface area (Å²) in [5, 5.41) is 12.0. The molecule has 2 amide bonds. The molecule has 1 aliphatic heterocycles. The Balaban J connectivity index is 2.01. The van der Waals surface area contributed by atoms with E-state index in [4.69, 9.17) is 9.84 Å². The first kappa shape index (κ1) is 14.7. The summed E-state index contributed by atoms with van der Waals surface area (Å²) < 4.78 is 5.14. The highest BCUT2D eigenvalue weighted by Gasteiger charge is 2.26. The Kier molecular flexibility index (Phi) is 5.24. The molecule has 110 valence electrons. The molecule has 1 unspecified atom stereocenters. The van der Waals surface area contributed by atoms with Crippen molar-refractivity contribution in [3.63, 3.8) is 0 Å². The number of methoxy groups -OCH3 is 1. The van der Waals surface area contributed by atoms with Crippen LogP contribution in [-0.2, 0) is 0 Å². The largest absolute Gasteiger partial charge is 0.497 e. The summed E-state index contributed by atoms with van der Waals surface area (Å²) in [6.07, 6.45) is 3.75. The number of hydrogen-bond donors (Lipinski definition) is 2. The number of aliphatic hydroxyl groups is 1. The molecule has 1 aliphatic rings.